The number of unbranched alkanes of at least 4 members (excludes halogenated alkanes) is 2. The summed E-state index contributed by atoms with van der Waals surface area (Å²) in [6, 6.07) is 21.8. The highest BCUT2D eigenvalue weighted by Crippen LogP contribution is 2.29. The molecule has 0 aliphatic heterocycles. The monoisotopic (exact) mass is 432 g/mol. The minimum atomic E-state index is -0.197. The third-order valence-corrected chi connectivity index (χ3v) is 6.30. The lowest BCUT2D eigenvalue weighted by molar-refractivity contribution is 0.294. The van der Waals surface area contributed by atoms with E-state index in [1.807, 2.05) is 36.4 Å². The fourth-order valence-corrected chi connectivity index (χ4v) is 3.93. The third kappa shape index (κ3) is 6.95. The van der Waals surface area contributed by atoms with Crippen LogP contribution < -0.4 is 4.74 Å². The first-order chi connectivity index (χ1) is 15.6. The Morgan fingerprint density at radius 1 is 0.781 bits per heavy atom. The Hall–Kier alpha value is -2.61. The molecule has 0 saturated heterocycles. The van der Waals surface area contributed by atoms with Gasteiger partial charge >= 0.3 is 0 Å². The van der Waals surface area contributed by atoms with Gasteiger partial charge in [0.15, 0.2) is 0 Å². The largest absolute Gasteiger partial charge is 0.494 e. The molecular formula is C30H37FO. The van der Waals surface area contributed by atoms with E-state index in [-0.39, 0.29) is 5.82 Å². The zero-order valence-electron chi connectivity index (χ0n) is 19.9. The first kappa shape index (κ1) is 24.0. The van der Waals surface area contributed by atoms with E-state index in [1.54, 1.807) is 6.07 Å². The Morgan fingerprint density at radius 3 is 2.12 bits per heavy atom. The van der Waals surface area contributed by atoms with E-state index in [1.165, 1.54) is 37.7 Å². The van der Waals surface area contributed by atoms with Crippen LogP contribution in [-0.2, 0) is 6.42 Å². The molecule has 0 bridgehead atoms. The standard InChI is InChI=1S/C30H37FO/c1-4-6-7-10-24-11-13-25(14-12-24)27-17-20-29(30(31)22-27)26-15-18-28(19-16-26)32-21-8-9-23(3)5-2/h11-20,22-23H,4-10,21H2,1-3H3/t23-/m0/s1. The van der Waals surface area contributed by atoms with E-state index >= 15 is 0 Å². The molecule has 1 nitrogen and oxygen atoms in total. The van der Waals surface area contributed by atoms with Gasteiger partial charge in [-0.05, 0) is 72.1 Å². The van der Waals surface area contributed by atoms with Gasteiger partial charge in [-0.3, -0.25) is 0 Å². The summed E-state index contributed by atoms with van der Waals surface area (Å²) in [6.07, 6.45) is 8.29. The average Bonchev–Trinajstić information content (AvgIpc) is 2.83. The van der Waals surface area contributed by atoms with Gasteiger partial charge in [0.05, 0.1) is 6.61 Å². The SMILES string of the molecule is CCCCCc1ccc(-c2ccc(-c3ccc(OCCC[C@@H](C)CC)cc3)c(F)c2)cc1. The zero-order chi connectivity index (χ0) is 22.8. The van der Waals surface area contributed by atoms with E-state index in [2.05, 4.69) is 45.0 Å². The van der Waals surface area contributed by atoms with Crippen molar-refractivity contribution in [2.24, 2.45) is 5.92 Å². The van der Waals surface area contributed by atoms with Crippen LogP contribution in [0.2, 0.25) is 0 Å². The van der Waals surface area contributed by atoms with Crippen LogP contribution in [0.15, 0.2) is 66.7 Å². The quantitative estimate of drug-likeness (QED) is 0.259. The molecule has 170 valence electrons. The van der Waals surface area contributed by atoms with Gasteiger partial charge in [-0.25, -0.2) is 4.39 Å². The van der Waals surface area contributed by atoms with Crippen molar-refractivity contribution in [2.45, 2.75) is 65.7 Å². The van der Waals surface area contributed by atoms with E-state index in [4.69, 9.17) is 4.74 Å². The maximum absolute atomic E-state index is 14.9. The minimum Gasteiger partial charge on any atom is -0.494 e. The fourth-order valence-electron chi connectivity index (χ4n) is 3.93. The van der Waals surface area contributed by atoms with Crippen LogP contribution in [0.1, 0.15) is 64.9 Å². The van der Waals surface area contributed by atoms with Gasteiger partial charge in [-0.1, -0.05) is 88.6 Å². The molecule has 2 heteroatoms. The summed E-state index contributed by atoms with van der Waals surface area (Å²) in [6.45, 7) is 7.45. The van der Waals surface area contributed by atoms with Gasteiger partial charge < -0.3 is 4.74 Å². The lowest BCUT2D eigenvalue weighted by atomic mass is 9.98. The maximum Gasteiger partial charge on any atom is 0.131 e. The van der Waals surface area contributed by atoms with Crippen LogP contribution in [0.4, 0.5) is 4.39 Å². The molecule has 0 heterocycles. The number of ether oxygens (including phenoxy) is 1. The van der Waals surface area contributed by atoms with Gasteiger partial charge in [0, 0.05) is 5.56 Å². The summed E-state index contributed by atoms with van der Waals surface area (Å²) in [7, 11) is 0. The van der Waals surface area contributed by atoms with E-state index < -0.39 is 0 Å². The second-order valence-electron chi connectivity index (χ2n) is 8.88. The summed E-state index contributed by atoms with van der Waals surface area (Å²) < 4.78 is 20.8. The second-order valence-corrected chi connectivity index (χ2v) is 8.88. The van der Waals surface area contributed by atoms with Crippen LogP contribution in [0, 0.1) is 11.7 Å². The first-order valence-corrected chi connectivity index (χ1v) is 12.2. The highest BCUT2D eigenvalue weighted by molar-refractivity contribution is 5.71. The van der Waals surface area contributed by atoms with Crippen LogP contribution in [0.3, 0.4) is 0 Å². The zero-order valence-corrected chi connectivity index (χ0v) is 19.9. The molecule has 1 atom stereocenters. The lowest BCUT2D eigenvalue weighted by Gasteiger charge is -2.11. The summed E-state index contributed by atoms with van der Waals surface area (Å²) in [5.74, 6) is 1.39. The van der Waals surface area contributed by atoms with Gasteiger partial charge in [0.25, 0.3) is 0 Å². The summed E-state index contributed by atoms with van der Waals surface area (Å²) >= 11 is 0. The topological polar surface area (TPSA) is 9.23 Å². The van der Waals surface area contributed by atoms with Gasteiger partial charge in [0.2, 0.25) is 0 Å². The van der Waals surface area contributed by atoms with Crippen LogP contribution in [0.25, 0.3) is 22.3 Å². The predicted molar refractivity (Wildman–Crippen MR) is 135 cm³/mol. The molecule has 0 saturated carbocycles. The van der Waals surface area contributed by atoms with Crippen molar-refractivity contribution < 1.29 is 9.13 Å². The molecule has 0 fully saturated rings. The molecule has 0 radical (unpaired) electrons. The summed E-state index contributed by atoms with van der Waals surface area (Å²) in [5.41, 5.74) is 4.80. The van der Waals surface area contributed by atoms with Crippen LogP contribution in [-0.4, -0.2) is 6.61 Å². The van der Waals surface area contributed by atoms with Gasteiger partial charge in [-0.15, -0.1) is 0 Å². The van der Waals surface area contributed by atoms with Crippen molar-refractivity contribution in [3.8, 4) is 28.0 Å². The van der Waals surface area contributed by atoms with Crippen molar-refractivity contribution >= 4 is 0 Å². The van der Waals surface area contributed by atoms with Gasteiger partial charge in [0.1, 0.15) is 11.6 Å². The van der Waals surface area contributed by atoms with Crippen molar-refractivity contribution in [1.82, 2.24) is 0 Å². The van der Waals surface area contributed by atoms with Crippen LogP contribution >= 0.6 is 0 Å². The molecule has 0 aromatic heterocycles. The normalized spacial score (nSPS) is 12.0. The van der Waals surface area contributed by atoms with E-state index in [0.29, 0.717) is 5.56 Å². The molecule has 0 amide bonds. The molecule has 0 unspecified atom stereocenters. The van der Waals surface area contributed by atoms with Crippen molar-refractivity contribution in [1.29, 1.82) is 0 Å². The average molecular weight is 433 g/mol. The second kappa shape index (κ2) is 12.4. The summed E-state index contributed by atoms with van der Waals surface area (Å²) in [4.78, 5) is 0. The molecule has 0 aliphatic carbocycles. The maximum atomic E-state index is 14.9. The highest BCUT2D eigenvalue weighted by Gasteiger charge is 2.08. The molecule has 0 spiro atoms. The number of rotatable bonds is 12. The number of hydrogen-bond acceptors (Lipinski definition) is 1. The highest BCUT2D eigenvalue weighted by atomic mass is 19.1. The lowest BCUT2D eigenvalue weighted by Crippen LogP contribution is -2.00. The van der Waals surface area contributed by atoms with Crippen LogP contribution in [0.5, 0.6) is 5.75 Å². The first-order valence-electron chi connectivity index (χ1n) is 12.2. The Kier molecular flexibility index (Phi) is 9.34. The van der Waals surface area contributed by atoms with Crippen molar-refractivity contribution in [3.05, 3.63) is 78.1 Å². The van der Waals surface area contributed by atoms with Gasteiger partial charge in [-0.2, -0.15) is 0 Å². The molecule has 3 rings (SSSR count). The summed E-state index contributed by atoms with van der Waals surface area (Å²) in [5, 5.41) is 0. The Balaban J connectivity index is 1.61. The predicted octanol–water partition coefficient (Wildman–Crippen LogP) is 9.10. The molecule has 0 N–H and O–H groups in total. The molecule has 3 aromatic rings. The molecular weight excluding hydrogens is 395 g/mol. The molecule has 32 heavy (non-hydrogen) atoms. The third-order valence-electron chi connectivity index (χ3n) is 6.30. The number of hydrogen-bond donors (Lipinski definition) is 0. The van der Waals surface area contributed by atoms with E-state index in [9.17, 15) is 4.39 Å². The Bertz CT molecular complexity index is 944. The fraction of sp³-hybridized carbons (Fsp3) is 0.400. The van der Waals surface area contributed by atoms with Crippen molar-refractivity contribution in [2.75, 3.05) is 6.61 Å². The number of halogens is 1. The Labute approximate surface area is 193 Å². The number of aryl methyl sites for hydroxylation is 1. The molecule has 3 aromatic carbocycles. The molecule has 0 aliphatic rings. The van der Waals surface area contributed by atoms with Crippen molar-refractivity contribution in [3.63, 3.8) is 0 Å². The Morgan fingerprint density at radius 2 is 1.47 bits per heavy atom. The van der Waals surface area contributed by atoms with E-state index in [0.717, 1.165) is 47.8 Å². The smallest absolute Gasteiger partial charge is 0.131 e. The number of benzene rings is 3. The minimum absolute atomic E-state index is 0.197.